The Hall–Kier alpha value is -1.79. The topological polar surface area (TPSA) is 41.4 Å². The summed E-state index contributed by atoms with van der Waals surface area (Å²) in [5.41, 5.74) is 2.23. The second-order valence-corrected chi connectivity index (χ2v) is 7.54. The molecule has 0 aliphatic carbocycles. The number of hydrogen-bond acceptors (Lipinski definition) is 4. The van der Waals surface area contributed by atoms with E-state index in [-0.39, 0.29) is 11.2 Å². The maximum absolute atomic E-state index is 12.5. The van der Waals surface area contributed by atoms with Crippen molar-refractivity contribution in [1.29, 1.82) is 0 Å². The smallest absolute Gasteiger partial charge is 0.240 e. The zero-order chi connectivity index (χ0) is 16.9. The van der Waals surface area contributed by atoms with E-state index < -0.39 is 0 Å². The van der Waals surface area contributed by atoms with Gasteiger partial charge in [0.15, 0.2) is 0 Å². The maximum Gasteiger partial charge on any atom is 0.240 e. The normalized spacial score (nSPS) is 17.9. The lowest BCUT2D eigenvalue weighted by Gasteiger charge is -2.18. The van der Waals surface area contributed by atoms with Crippen LogP contribution in [0.2, 0.25) is 0 Å². The van der Waals surface area contributed by atoms with Gasteiger partial charge in [-0.3, -0.25) is 9.48 Å². The molecular weight excluding hydrogens is 320 g/mol. The lowest BCUT2D eigenvalue weighted by atomic mass is 10.2. The van der Waals surface area contributed by atoms with Crippen molar-refractivity contribution < 1.29 is 4.79 Å². The van der Waals surface area contributed by atoms with Crippen LogP contribution in [0.25, 0.3) is 0 Å². The van der Waals surface area contributed by atoms with Gasteiger partial charge in [0, 0.05) is 38.6 Å². The van der Waals surface area contributed by atoms with Crippen molar-refractivity contribution in [3.63, 3.8) is 0 Å². The van der Waals surface area contributed by atoms with E-state index in [0.717, 1.165) is 37.5 Å². The van der Waals surface area contributed by atoms with E-state index in [0.29, 0.717) is 0 Å². The van der Waals surface area contributed by atoms with Gasteiger partial charge >= 0.3 is 0 Å². The molecule has 128 valence electrons. The Morgan fingerprint density at radius 3 is 2.83 bits per heavy atom. The third-order valence-corrected chi connectivity index (χ3v) is 5.50. The molecule has 1 aliphatic rings. The first-order valence-corrected chi connectivity index (χ1v) is 9.32. The number of rotatable bonds is 7. The standard InChI is InChI=1S/C18H24N4OS/c1-20(13-15-6-4-3-5-7-15)10-11-24-17-8-9-22(18(17)23)16-12-19-21(2)14-16/h3-7,12,14,17H,8-11,13H2,1-2H3/t17-/m1/s1. The van der Waals surface area contributed by atoms with Crippen LogP contribution in [0.15, 0.2) is 42.7 Å². The molecule has 0 bridgehead atoms. The average molecular weight is 344 g/mol. The summed E-state index contributed by atoms with van der Waals surface area (Å²) in [5.74, 6) is 1.19. The van der Waals surface area contributed by atoms with Crippen LogP contribution >= 0.6 is 11.8 Å². The molecule has 0 unspecified atom stereocenters. The lowest BCUT2D eigenvalue weighted by molar-refractivity contribution is -0.116. The number of anilines is 1. The lowest BCUT2D eigenvalue weighted by Crippen LogP contribution is -2.28. The van der Waals surface area contributed by atoms with Gasteiger partial charge in [-0.25, -0.2) is 0 Å². The molecule has 0 saturated carbocycles. The Bertz CT molecular complexity index is 673. The summed E-state index contributed by atoms with van der Waals surface area (Å²) >= 11 is 1.78. The van der Waals surface area contributed by atoms with Gasteiger partial charge in [-0.15, -0.1) is 11.8 Å². The van der Waals surface area contributed by atoms with Gasteiger partial charge in [-0.1, -0.05) is 30.3 Å². The second-order valence-electron chi connectivity index (χ2n) is 6.23. The molecule has 0 N–H and O–H groups in total. The third kappa shape index (κ3) is 4.19. The number of benzene rings is 1. The number of amides is 1. The van der Waals surface area contributed by atoms with Crippen molar-refractivity contribution in [2.75, 3.05) is 30.8 Å². The summed E-state index contributed by atoms with van der Waals surface area (Å²) in [6.07, 6.45) is 4.58. The summed E-state index contributed by atoms with van der Waals surface area (Å²) < 4.78 is 1.74. The molecule has 2 aromatic rings. The van der Waals surface area contributed by atoms with Crippen LogP contribution in [0.5, 0.6) is 0 Å². The predicted octanol–water partition coefficient (Wildman–Crippen LogP) is 2.39. The molecule has 24 heavy (non-hydrogen) atoms. The van der Waals surface area contributed by atoms with Crippen molar-refractivity contribution in [1.82, 2.24) is 14.7 Å². The Labute approximate surface area is 147 Å². The first-order valence-electron chi connectivity index (χ1n) is 8.27. The Morgan fingerprint density at radius 2 is 2.12 bits per heavy atom. The van der Waals surface area contributed by atoms with Crippen LogP contribution in [0, 0.1) is 0 Å². The van der Waals surface area contributed by atoms with Crippen LogP contribution in [-0.2, 0) is 18.4 Å². The molecular formula is C18H24N4OS. The SMILES string of the molecule is CN(CCS[C@@H]1CCN(c2cnn(C)c2)C1=O)Cc1ccccc1. The minimum atomic E-state index is 0.0790. The molecule has 1 saturated heterocycles. The van der Waals surface area contributed by atoms with Gasteiger partial charge in [0.1, 0.15) is 0 Å². The Kier molecular flexibility index (Phi) is 5.58. The van der Waals surface area contributed by atoms with E-state index >= 15 is 0 Å². The summed E-state index contributed by atoms with van der Waals surface area (Å²) in [4.78, 5) is 16.7. The van der Waals surface area contributed by atoms with E-state index in [9.17, 15) is 4.79 Å². The minimum absolute atomic E-state index is 0.0790. The summed E-state index contributed by atoms with van der Waals surface area (Å²) in [6, 6.07) is 10.5. The highest BCUT2D eigenvalue weighted by molar-refractivity contribution is 8.00. The first kappa shape index (κ1) is 17.0. The number of nitrogens with zero attached hydrogens (tertiary/aromatic N) is 4. The molecule has 1 amide bonds. The zero-order valence-electron chi connectivity index (χ0n) is 14.3. The van der Waals surface area contributed by atoms with Gasteiger partial charge < -0.3 is 9.80 Å². The van der Waals surface area contributed by atoms with Crippen LogP contribution in [0.1, 0.15) is 12.0 Å². The van der Waals surface area contributed by atoms with Gasteiger partial charge in [0.25, 0.3) is 0 Å². The van der Waals surface area contributed by atoms with Gasteiger partial charge in [-0.05, 0) is 19.0 Å². The first-order chi connectivity index (χ1) is 11.6. The van der Waals surface area contributed by atoms with Crippen molar-refractivity contribution >= 4 is 23.4 Å². The number of hydrogen-bond donors (Lipinski definition) is 0. The fourth-order valence-electron chi connectivity index (χ4n) is 2.94. The maximum atomic E-state index is 12.5. The van der Waals surface area contributed by atoms with E-state index in [1.165, 1.54) is 5.56 Å². The quantitative estimate of drug-likeness (QED) is 0.773. The number of carbonyl (C=O) groups is 1. The molecule has 1 aromatic carbocycles. The van der Waals surface area contributed by atoms with Crippen LogP contribution < -0.4 is 4.90 Å². The highest BCUT2D eigenvalue weighted by atomic mass is 32.2. The number of aryl methyl sites for hydroxylation is 1. The highest BCUT2D eigenvalue weighted by Crippen LogP contribution is 2.28. The fourth-order valence-corrected chi connectivity index (χ4v) is 4.18. The number of carbonyl (C=O) groups excluding carboxylic acids is 1. The largest absolute Gasteiger partial charge is 0.308 e. The van der Waals surface area contributed by atoms with Crippen molar-refractivity contribution in [2.45, 2.75) is 18.2 Å². The molecule has 1 atom stereocenters. The average Bonchev–Trinajstić information content (AvgIpc) is 3.15. The molecule has 5 nitrogen and oxygen atoms in total. The monoisotopic (exact) mass is 344 g/mol. The van der Waals surface area contributed by atoms with Crippen LogP contribution in [-0.4, -0.2) is 51.7 Å². The molecule has 2 heterocycles. The van der Waals surface area contributed by atoms with Crippen molar-refractivity contribution in [2.24, 2.45) is 7.05 Å². The van der Waals surface area contributed by atoms with E-state index in [1.807, 2.05) is 24.2 Å². The molecule has 1 aliphatic heterocycles. The minimum Gasteiger partial charge on any atom is -0.308 e. The van der Waals surface area contributed by atoms with Gasteiger partial charge in [-0.2, -0.15) is 5.10 Å². The van der Waals surface area contributed by atoms with E-state index in [2.05, 4.69) is 41.3 Å². The Balaban J connectivity index is 1.43. The molecule has 6 heteroatoms. The van der Waals surface area contributed by atoms with Gasteiger partial charge in [0.05, 0.1) is 17.1 Å². The van der Waals surface area contributed by atoms with Crippen LogP contribution in [0.4, 0.5) is 5.69 Å². The summed E-state index contributed by atoms with van der Waals surface area (Å²) in [5, 5.41) is 4.23. The molecule has 0 radical (unpaired) electrons. The van der Waals surface area contributed by atoms with Crippen LogP contribution in [0.3, 0.4) is 0 Å². The second kappa shape index (κ2) is 7.85. The van der Waals surface area contributed by atoms with Crippen molar-refractivity contribution in [3.05, 3.63) is 48.3 Å². The summed E-state index contributed by atoms with van der Waals surface area (Å²) in [6.45, 7) is 2.72. The molecule has 0 spiro atoms. The fraction of sp³-hybridized carbons (Fsp3) is 0.444. The summed E-state index contributed by atoms with van der Waals surface area (Å²) in [7, 11) is 4.00. The molecule has 3 rings (SSSR count). The highest BCUT2D eigenvalue weighted by Gasteiger charge is 2.33. The number of thioether (sulfide) groups is 1. The number of aromatic nitrogens is 2. The zero-order valence-corrected chi connectivity index (χ0v) is 15.1. The Morgan fingerprint density at radius 1 is 1.33 bits per heavy atom. The van der Waals surface area contributed by atoms with E-state index in [1.54, 1.807) is 22.6 Å². The third-order valence-electron chi connectivity index (χ3n) is 4.25. The molecule has 1 fully saturated rings. The molecule has 1 aromatic heterocycles. The van der Waals surface area contributed by atoms with Crippen molar-refractivity contribution in [3.8, 4) is 0 Å². The van der Waals surface area contributed by atoms with Gasteiger partial charge in [0.2, 0.25) is 5.91 Å². The van der Waals surface area contributed by atoms with E-state index in [4.69, 9.17) is 0 Å². The predicted molar refractivity (Wildman–Crippen MR) is 99.2 cm³/mol.